The Labute approximate surface area is 122 Å². The molecule has 3 nitrogen and oxygen atoms in total. The molecule has 1 atom stereocenters. The molecule has 1 heterocycles. The van der Waals surface area contributed by atoms with Gasteiger partial charge in [0.1, 0.15) is 18.1 Å². The lowest BCUT2D eigenvalue weighted by atomic mass is 10.1. The highest BCUT2D eigenvalue weighted by Crippen LogP contribution is 2.28. The van der Waals surface area contributed by atoms with E-state index in [9.17, 15) is 0 Å². The van der Waals surface area contributed by atoms with E-state index in [2.05, 4.69) is 5.32 Å². The second-order valence-corrected chi connectivity index (χ2v) is 5.03. The third-order valence-electron chi connectivity index (χ3n) is 2.76. The van der Waals surface area contributed by atoms with Crippen molar-refractivity contribution in [2.24, 2.45) is 0 Å². The fraction of sp³-hybridized carbons (Fsp3) is 0.286. The van der Waals surface area contributed by atoms with E-state index in [0.717, 1.165) is 17.1 Å². The lowest BCUT2D eigenvalue weighted by Crippen LogP contribution is -2.17. The van der Waals surface area contributed by atoms with Gasteiger partial charge in [0.2, 0.25) is 0 Å². The second kappa shape index (κ2) is 6.44. The molecule has 1 N–H and O–H groups in total. The Hall–Kier alpha value is -1.00. The molecule has 102 valence electrons. The number of methoxy groups -OCH3 is 1. The van der Waals surface area contributed by atoms with E-state index in [4.69, 9.17) is 32.4 Å². The minimum absolute atomic E-state index is 0.0955. The monoisotopic (exact) mass is 299 g/mol. The fourth-order valence-corrected chi connectivity index (χ4v) is 2.53. The molecule has 19 heavy (non-hydrogen) atoms. The lowest BCUT2D eigenvalue weighted by molar-refractivity contribution is 0.162. The SMILES string of the molecule is CNC(c1cc(Cl)cc(Cl)c1)c1ccc(COC)o1. The average Bonchev–Trinajstić information content (AvgIpc) is 2.78. The first kappa shape index (κ1) is 14.4. The van der Waals surface area contributed by atoms with E-state index in [1.807, 2.05) is 31.3 Å². The molecule has 1 aromatic carbocycles. The van der Waals surface area contributed by atoms with Crippen molar-refractivity contribution in [3.05, 3.63) is 57.5 Å². The Morgan fingerprint density at radius 1 is 1.21 bits per heavy atom. The summed E-state index contributed by atoms with van der Waals surface area (Å²) < 4.78 is 10.8. The first-order chi connectivity index (χ1) is 9.13. The van der Waals surface area contributed by atoms with Crippen molar-refractivity contribution in [2.45, 2.75) is 12.6 Å². The van der Waals surface area contributed by atoms with Crippen LogP contribution in [0.1, 0.15) is 23.1 Å². The van der Waals surface area contributed by atoms with Gasteiger partial charge in [-0.25, -0.2) is 0 Å². The summed E-state index contributed by atoms with van der Waals surface area (Å²) in [5.41, 5.74) is 0.957. The van der Waals surface area contributed by atoms with Gasteiger partial charge in [-0.3, -0.25) is 0 Å². The zero-order chi connectivity index (χ0) is 13.8. The normalized spacial score (nSPS) is 12.6. The van der Waals surface area contributed by atoms with Crippen LogP contribution < -0.4 is 5.32 Å². The molecule has 0 aliphatic heterocycles. The van der Waals surface area contributed by atoms with Gasteiger partial charge in [0.05, 0.1) is 6.04 Å². The Balaban J connectivity index is 2.32. The van der Waals surface area contributed by atoms with Crippen molar-refractivity contribution in [3.8, 4) is 0 Å². The maximum atomic E-state index is 6.03. The number of nitrogens with one attached hydrogen (secondary N) is 1. The summed E-state index contributed by atoms with van der Waals surface area (Å²) >= 11 is 12.1. The van der Waals surface area contributed by atoms with Gasteiger partial charge >= 0.3 is 0 Å². The summed E-state index contributed by atoms with van der Waals surface area (Å²) in [6, 6.07) is 9.17. The number of hydrogen-bond donors (Lipinski definition) is 1. The molecule has 0 aliphatic carbocycles. The quantitative estimate of drug-likeness (QED) is 0.905. The van der Waals surface area contributed by atoms with Crippen molar-refractivity contribution in [2.75, 3.05) is 14.2 Å². The van der Waals surface area contributed by atoms with E-state index in [0.29, 0.717) is 16.7 Å². The molecule has 0 aliphatic rings. The highest BCUT2D eigenvalue weighted by Gasteiger charge is 2.17. The Bertz CT molecular complexity index is 534. The minimum Gasteiger partial charge on any atom is -0.462 e. The molecular weight excluding hydrogens is 285 g/mol. The number of rotatable bonds is 5. The van der Waals surface area contributed by atoms with Crippen molar-refractivity contribution in [1.82, 2.24) is 5.32 Å². The molecule has 0 amide bonds. The zero-order valence-electron chi connectivity index (χ0n) is 10.7. The van der Waals surface area contributed by atoms with Gasteiger partial charge in [-0.1, -0.05) is 23.2 Å². The van der Waals surface area contributed by atoms with Gasteiger partial charge in [-0.05, 0) is 42.9 Å². The molecular formula is C14H15Cl2NO2. The summed E-state index contributed by atoms with van der Waals surface area (Å²) in [6.45, 7) is 0.451. The van der Waals surface area contributed by atoms with Gasteiger partial charge in [0.25, 0.3) is 0 Å². The summed E-state index contributed by atoms with van der Waals surface area (Å²) in [6.07, 6.45) is 0. The van der Waals surface area contributed by atoms with Crippen LogP contribution in [-0.2, 0) is 11.3 Å². The maximum Gasteiger partial charge on any atom is 0.129 e. The van der Waals surface area contributed by atoms with Crippen LogP contribution in [0, 0.1) is 0 Å². The Kier molecular flexibility index (Phi) is 4.88. The molecule has 0 spiro atoms. The summed E-state index contributed by atoms with van der Waals surface area (Å²) in [7, 11) is 3.49. The largest absolute Gasteiger partial charge is 0.462 e. The highest BCUT2D eigenvalue weighted by atomic mass is 35.5. The van der Waals surface area contributed by atoms with E-state index in [1.54, 1.807) is 13.2 Å². The molecule has 0 saturated heterocycles. The van der Waals surface area contributed by atoms with Gasteiger partial charge in [-0.15, -0.1) is 0 Å². The minimum atomic E-state index is -0.0955. The summed E-state index contributed by atoms with van der Waals surface area (Å²) in [5, 5.41) is 4.40. The molecule has 1 unspecified atom stereocenters. The van der Waals surface area contributed by atoms with Crippen LogP contribution in [0.4, 0.5) is 0 Å². The molecule has 0 fully saturated rings. The number of benzene rings is 1. The Morgan fingerprint density at radius 2 is 1.89 bits per heavy atom. The van der Waals surface area contributed by atoms with E-state index in [1.165, 1.54) is 0 Å². The molecule has 2 rings (SSSR count). The van der Waals surface area contributed by atoms with Gasteiger partial charge in [0.15, 0.2) is 0 Å². The molecule has 5 heteroatoms. The van der Waals surface area contributed by atoms with Crippen molar-refractivity contribution < 1.29 is 9.15 Å². The van der Waals surface area contributed by atoms with Crippen LogP contribution >= 0.6 is 23.2 Å². The second-order valence-electron chi connectivity index (χ2n) is 4.16. The average molecular weight is 300 g/mol. The lowest BCUT2D eigenvalue weighted by Gasteiger charge is -2.15. The predicted octanol–water partition coefficient (Wildman–Crippen LogP) is 4.04. The van der Waals surface area contributed by atoms with Gasteiger partial charge < -0.3 is 14.5 Å². The van der Waals surface area contributed by atoms with Crippen LogP contribution in [-0.4, -0.2) is 14.2 Å². The first-order valence-electron chi connectivity index (χ1n) is 5.85. The van der Waals surface area contributed by atoms with Crippen LogP contribution in [0.25, 0.3) is 0 Å². The van der Waals surface area contributed by atoms with Gasteiger partial charge in [0, 0.05) is 17.2 Å². The first-order valence-corrected chi connectivity index (χ1v) is 6.60. The predicted molar refractivity (Wildman–Crippen MR) is 76.8 cm³/mol. The fourth-order valence-electron chi connectivity index (χ4n) is 1.98. The standard InChI is InChI=1S/C14H15Cl2NO2/c1-17-14(9-5-10(15)7-11(16)6-9)13-4-3-12(19-13)8-18-2/h3-7,14,17H,8H2,1-2H3. The molecule has 0 saturated carbocycles. The molecule has 0 radical (unpaired) electrons. The van der Waals surface area contributed by atoms with Crippen LogP contribution in [0.3, 0.4) is 0 Å². The molecule has 2 aromatic rings. The van der Waals surface area contributed by atoms with Gasteiger partial charge in [-0.2, -0.15) is 0 Å². The summed E-state index contributed by atoms with van der Waals surface area (Å²) in [5.74, 6) is 1.58. The number of halogens is 2. The molecule has 1 aromatic heterocycles. The number of ether oxygens (including phenoxy) is 1. The smallest absolute Gasteiger partial charge is 0.129 e. The third-order valence-corrected chi connectivity index (χ3v) is 3.20. The van der Waals surface area contributed by atoms with E-state index >= 15 is 0 Å². The van der Waals surface area contributed by atoms with Crippen molar-refractivity contribution >= 4 is 23.2 Å². The number of hydrogen-bond acceptors (Lipinski definition) is 3. The topological polar surface area (TPSA) is 34.4 Å². The highest BCUT2D eigenvalue weighted by molar-refractivity contribution is 6.34. The number of furan rings is 1. The van der Waals surface area contributed by atoms with Crippen LogP contribution in [0.2, 0.25) is 10.0 Å². The summed E-state index contributed by atoms with van der Waals surface area (Å²) in [4.78, 5) is 0. The van der Waals surface area contributed by atoms with Crippen molar-refractivity contribution in [1.29, 1.82) is 0 Å². The van der Waals surface area contributed by atoms with Crippen LogP contribution in [0.5, 0.6) is 0 Å². The van der Waals surface area contributed by atoms with E-state index < -0.39 is 0 Å². The van der Waals surface area contributed by atoms with Crippen LogP contribution in [0.15, 0.2) is 34.7 Å². The zero-order valence-corrected chi connectivity index (χ0v) is 12.3. The molecule has 0 bridgehead atoms. The third kappa shape index (κ3) is 3.51. The van der Waals surface area contributed by atoms with Crippen molar-refractivity contribution in [3.63, 3.8) is 0 Å². The van der Waals surface area contributed by atoms with E-state index in [-0.39, 0.29) is 6.04 Å². The Morgan fingerprint density at radius 3 is 2.47 bits per heavy atom. The maximum absolute atomic E-state index is 6.03.